The highest BCUT2D eigenvalue weighted by atomic mass is 35.5. The first kappa shape index (κ1) is 15.8. The van der Waals surface area contributed by atoms with Crippen molar-refractivity contribution in [2.45, 2.75) is 39.5 Å². The van der Waals surface area contributed by atoms with Gasteiger partial charge < -0.3 is 0 Å². The lowest BCUT2D eigenvalue weighted by Gasteiger charge is -2.19. The molecule has 0 aromatic heterocycles. The number of benzene rings is 2. The molecule has 0 atom stereocenters. The van der Waals surface area contributed by atoms with Crippen LogP contribution in [0.3, 0.4) is 0 Å². The summed E-state index contributed by atoms with van der Waals surface area (Å²) in [7, 11) is 0. The summed E-state index contributed by atoms with van der Waals surface area (Å²) >= 11 is 6.22. The quantitative estimate of drug-likeness (QED) is 0.696. The predicted molar refractivity (Wildman–Crippen MR) is 89.4 cm³/mol. The smallest absolute Gasteiger partial charge is 0.168 e. The molecular weight excluding hydrogens is 280 g/mol. The van der Waals surface area contributed by atoms with Crippen LogP contribution in [0.25, 0.3) is 0 Å². The Morgan fingerprint density at radius 1 is 1.05 bits per heavy atom. The van der Waals surface area contributed by atoms with Crippen LogP contribution in [-0.4, -0.2) is 5.78 Å². The van der Waals surface area contributed by atoms with E-state index in [2.05, 4.69) is 32.9 Å². The van der Waals surface area contributed by atoms with Crippen molar-refractivity contribution in [2.75, 3.05) is 0 Å². The number of rotatable bonds is 3. The molecule has 0 fully saturated rings. The Kier molecular flexibility index (Phi) is 4.53. The zero-order valence-electron chi connectivity index (χ0n) is 13.0. The number of aryl methyl sites for hydroxylation is 1. The maximum absolute atomic E-state index is 12.4. The average molecular weight is 301 g/mol. The van der Waals surface area contributed by atoms with Gasteiger partial charge in [-0.15, -0.1) is 0 Å². The zero-order valence-corrected chi connectivity index (χ0v) is 13.8. The Morgan fingerprint density at radius 2 is 1.67 bits per heavy atom. The van der Waals surface area contributed by atoms with Crippen LogP contribution in [0.2, 0.25) is 5.02 Å². The van der Waals surface area contributed by atoms with Crippen molar-refractivity contribution in [3.8, 4) is 0 Å². The molecule has 0 saturated carbocycles. The van der Waals surface area contributed by atoms with Gasteiger partial charge in [-0.3, -0.25) is 4.79 Å². The Balaban J connectivity index is 2.18. The lowest BCUT2D eigenvalue weighted by atomic mass is 9.86. The monoisotopic (exact) mass is 300 g/mol. The van der Waals surface area contributed by atoms with Gasteiger partial charge in [-0.05, 0) is 35.1 Å². The van der Waals surface area contributed by atoms with E-state index in [0.717, 1.165) is 11.1 Å². The van der Waals surface area contributed by atoms with E-state index in [0.29, 0.717) is 17.0 Å². The van der Waals surface area contributed by atoms with Gasteiger partial charge in [-0.2, -0.15) is 0 Å². The minimum Gasteiger partial charge on any atom is -0.294 e. The first-order chi connectivity index (χ1) is 9.79. The highest BCUT2D eigenvalue weighted by Crippen LogP contribution is 2.24. The van der Waals surface area contributed by atoms with E-state index in [1.165, 1.54) is 5.56 Å². The normalized spacial score (nSPS) is 11.5. The van der Waals surface area contributed by atoms with Crippen LogP contribution < -0.4 is 0 Å². The van der Waals surface area contributed by atoms with Crippen molar-refractivity contribution < 1.29 is 4.79 Å². The summed E-state index contributed by atoms with van der Waals surface area (Å²) in [6.45, 7) is 8.45. The van der Waals surface area contributed by atoms with E-state index in [-0.39, 0.29) is 11.2 Å². The number of hydrogen-bond donors (Lipinski definition) is 0. The van der Waals surface area contributed by atoms with Crippen LogP contribution in [0.4, 0.5) is 0 Å². The lowest BCUT2D eigenvalue weighted by Crippen LogP contribution is -2.11. The minimum absolute atomic E-state index is 0.0622. The fourth-order valence-corrected chi connectivity index (χ4v) is 2.50. The maximum Gasteiger partial charge on any atom is 0.168 e. The molecule has 0 aliphatic carbocycles. The molecule has 0 N–H and O–H groups in total. The molecule has 21 heavy (non-hydrogen) atoms. The van der Waals surface area contributed by atoms with Crippen molar-refractivity contribution in [1.29, 1.82) is 0 Å². The summed E-state index contributed by atoms with van der Waals surface area (Å²) in [6.07, 6.45) is 0.383. The van der Waals surface area contributed by atoms with Crippen LogP contribution in [0.5, 0.6) is 0 Å². The zero-order chi connectivity index (χ0) is 15.6. The van der Waals surface area contributed by atoms with Gasteiger partial charge in [-0.1, -0.05) is 68.8 Å². The second kappa shape index (κ2) is 6.03. The van der Waals surface area contributed by atoms with Crippen LogP contribution in [0.15, 0.2) is 42.5 Å². The Morgan fingerprint density at radius 3 is 2.24 bits per heavy atom. The second-order valence-electron chi connectivity index (χ2n) is 6.48. The number of hydrogen-bond acceptors (Lipinski definition) is 1. The molecule has 0 amide bonds. The van der Waals surface area contributed by atoms with Crippen molar-refractivity contribution in [1.82, 2.24) is 0 Å². The van der Waals surface area contributed by atoms with Crippen molar-refractivity contribution >= 4 is 17.4 Å². The minimum atomic E-state index is 0.0622. The van der Waals surface area contributed by atoms with E-state index in [1.807, 2.05) is 31.2 Å². The van der Waals surface area contributed by atoms with Gasteiger partial charge in [0.05, 0.1) is 5.02 Å². The van der Waals surface area contributed by atoms with Crippen LogP contribution in [0.1, 0.15) is 47.8 Å². The third kappa shape index (κ3) is 3.74. The Labute approximate surface area is 132 Å². The van der Waals surface area contributed by atoms with E-state index >= 15 is 0 Å². The molecule has 0 spiro atoms. The molecule has 0 saturated heterocycles. The summed E-state index contributed by atoms with van der Waals surface area (Å²) in [6, 6.07) is 13.8. The highest BCUT2D eigenvalue weighted by Gasteiger charge is 2.15. The van der Waals surface area contributed by atoms with Gasteiger partial charge >= 0.3 is 0 Å². The number of halogens is 1. The SMILES string of the molecule is Cc1cccc(C(=O)Cc2ccc(C(C)(C)C)cc2)c1Cl. The molecule has 2 aromatic rings. The van der Waals surface area contributed by atoms with Gasteiger partial charge in [0.1, 0.15) is 0 Å². The van der Waals surface area contributed by atoms with Crippen molar-refractivity contribution in [3.05, 3.63) is 69.7 Å². The number of ketones is 1. The van der Waals surface area contributed by atoms with E-state index in [9.17, 15) is 4.79 Å². The molecule has 0 unspecified atom stereocenters. The number of carbonyl (C=O) groups excluding carboxylic acids is 1. The first-order valence-corrected chi connectivity index (χ1v) is 7.54. The van der Waals surface area contributed by atoms with Crippen LogP contribution in [0, 0.1) is 6.92 Å². The molecular formula is C19H21ClO. The maximum atomic E-state index is 12.4. The summed E-state index contributed by atoms with van der Waals surface area (Å²) < 4.78 is 0. The Hall–Kier alpha value is -1.60. The number of carbonyl (C=O) groups is 1. The first-order valence-electron chi connectivity index (χ1n) is 7.17. The van der Waals surface area contributed by atoms with E-state index in [1.54, 1.807) is 6.07 Å². The summed E-state index contributed by atoms with van der Waals surface area (Å²) in [5.74, 6) is 0.0622. The van der Waals surface area contributed by atoms with Crippen LogP contribution in [-0.2, 0) is 11.8 Å². The van der Waals surface area contributed by atoms with Crippen LogP contribution >= 0.6 is 11.6 Å². The van der Waals surface area contributed by atoms with Crippen molar-refractivity contribution in [3.63, 3.8) is 0 Å². The molecule has 2 aromatic carbocycles. The van der Waals surface area contributed by atoms with Gasteiger partial charge in [-0.25, -0.2) is 0 Å². The average Bonchev–Trinajstić information content (AvgIpc) is 2.41. The Bertz CT molecular complexity index is 648. The van der Waals surface area contributed by atoms with Crippen molar-refractivity contribution in [2.24, 2.45) is 0 Å². The van der Waals surface area contributed by atoms with Gasteiger partial charge in [0.2, 0.25) is 0 Å². The second-order valence-corrected chi connectivity index (χ2v) is 6.86. The van der Waals surface area contributed by atoms with E-state index < -0.39 is 0 Å². The fourth-order valence-electron chi connectivity index (χ4n) is 2.27. The molecule has 0 aliphatic rings. The third-order valence-corrected chi connectivity index (χ3v) is 4.18. The summed E-state index contributed by atoms with van der Waals surface area (Å²) in [4.78, 5) is 12.4. The lowest BCUT2D eigenvalue weighted by molar-refractivity contribution is 0.0993. The molecule has 1 nitrogen and oxygen atoms in total. The van der Waals surface area contributed by atoms with Gasteiger partial charge in [0, 0.05) is 12.0 Å². The largest absolute Gasteiger partial charge is 0.294 e. The number of Topliss-reactive ketones (excluding diaryl/α,β-unsaturated/α-hetero) is 1. The molecule has 0 aliphatic heterocycles. The summed E-state index contributed by atoms with van der Waals surface area (Å²) in [5, 5.41) is 0.564. The molecule has 0 radical (unpaired) electrons. The van der Waals surface area contributed by atoms with Gasteiger partial charge in [0.25, 0.3) is 0 Å². The van der Waals surface area contributed by atoms with E-state index in [4.69, 9.17) is 11.6 Å². The summed E-state index contributed by atoms with van der Waals surface area (Å²) in [5.41, 5.74) is 3.96. The molecule has 2 heteroatoms. The van der Waals surface area contributed by atoms with Gasteiger partial charge in [0.15, 0.2) is 5.78 Å². The molecule has 110 valence electrons. The predicted octanol–water partition coefficient (Wildman–Crippen LogP) is 5.37. The molecule has 0 bridgehead atoms. The highest BCUT2D eigenvalue weighted by molar-refractivity contribution is 6.34. The third-order valence-electron chi connectivity index (χ3n) is 3.68. The molecule has 0 heterocycles. The molecule has 2 rings (SSSR count). The fraction of sp³-hybridized carbons (Fsp3) is 0.316. The topological polar surface area (TPSA) is 17.1 Å². The standard InChI is InChI=1S/C19H21ClO/c1-13-6-5-7-16(18(13)20)17(21)12-14-8-10-15(11-9-14)19(2,3)4/h5-11H,12H2,1-4H3.